The fraction of sp³-hybridized carbons (Fsp3) is 0.619. The molecule has 0 aliphatic carbocycles. The molecule has 9 nitrogen and oxygen atoms in total. The van der Waals surface area contributed by atoms with Crippen molar-refractivity contribution in [2.75, 3.05) is 26.4 Å². The van der Waals surface area contributed by atoms with E-state index in [1.807, 2.05) is 12.2 Å². The second-order valence-electron chi connectivity index (χ2n) is 12.5. The topological polar surface area (TPSA) is 131 Å². The van der Waals surface area contributed by atoms with Crippen LogP contribution in [-0.2, 0) is 27.9 Å². The van der Waals surface area contributed by atoms with Crippen LogP contribution in [0.15, 0.2) is 85.1 Å². The van der Waals surface area contributed by atoms with Gasteiger partial charge in [-0.1, -0.05) is 131 Å². The maximum Gasteiger partial charge on any atom is 0.472 e. The number of nitrogens with one attached hydrogen (secondary N) is 1. The number of phosphoric ester groups is 1. The third kappa shape index (κ3) is 38.4. The van der Waals surface area contributed by atoms with Crippen LogP contribution < -0.4 is 5.32 Å². The van der Waals surface area contributed by atoms with Gasteiger partial charge >= 0.3 is 13.8 Å². The molecule has 3 N–H and O–H groups in total. The van der Waals surface area contributed by atoms with Gasteiger partial charge < -0.3 is 20.1 Å². The SMILES string of the molecule is CC/C=C\C/C=C\C/C=C\C/C=C\C/C=C\C/C=C\CCC(=O)NCCOP(=O)(O)OCC(O)COC(=O)CCCCCCC/C=C\CCCCC. The molecule has 0 radical (unpaired) electrons. The lowest BCUT2D eigenvalue weighted by molar-refractivity contribution is -0.147. The molecule has 0 aliphatic rings. The summed E-state index contributed by atoms with van der Waals surface area (Å²) in [6.45, 7) is 3.27. The van der Waals surface area contributed by atoms with Gasteiger partial charge in [0.2, 0.25) is 5.91 Å². The Bertz CT molecular complexity index is 1130. The van der Waals surface area contributed by atoms with Crippen LogP contribution in [-0.4, -0.2) is 54.3 Å². The Labute approximate surface area is 315 Å². The van der Waals surface area contributed by atoms with Crippen LogP contribution in [0, 0.1) is 0 Å². The lowest BCUT2D eigenvalue weighted by atomic mass is 10.1. The maximum atomic E-state index is 12.1. The zero-order valence-electron chi connectivity index (χ0n) is 32.2. The van der Waals surface area contributed by atoms with Gasteiger partial charge in [-0.05, 0) is 77.0 Å². The molecule has 0 spiro atoms. The van der Waals surface area contributed by atoms with Crippen LogP contribution in [0.25, 0.3) is 0 Å². The van der Waals surface area contributed by atoms with Gasteiger partial charge in [0, 0.05) is 19.4 Å². The van der Waals surface area contributed by atoms with E-state index < -0.39 is 26.5 Å². The minimum absolute atomic E-state index is 0.0346. The summed E-state index contributed by atoms with van der Waals surface area (Å²) < 4.78 is 26.7. The van der Waals surface area contributed by atoms with E-state index >= 15 is 0 Å². The molecule has 52 heavy (non-hydrogen) atoms. The van der Waals surface area contributed by atoms with Crippen LogP contribution in [0.1, 0.15) is 136 Å². The van der Waals surface area contributed by atoms with Crippen LogP contribution in [0.5, 0.6) is 0 Å². The molecule has 1 amide bonds. The molecule has 2 unspecified atom stereocenters. The number of carbonyl (C=O) groups is 2. The molecule has 0 aromatic heterocycles. The summed E-state index contributed by atoms with van der Waals surface area (Å²) >= 11 is 0. The number of unbranched alkanes of at least 4 members (excludes halogenated alkanes) is 8. The molecule has 10 heteroatoms. The number of carbonyl (C=O) groups excluding carboxylic acids is 2. The number of rotatable bonds is 35. The number of aliphatic hydroxyl groups excluding tert-OH is 1. The van der Waals surface area contributed by atoms with Crippen LogP contribution in [0.2, 0.25) is 0 Å². The van der Waals surface area contributed by atoms with Gasteiger partial charge in [0.25, 0.3) is 0 Å². The molecule has 0 aromatic carbocycles. The molecular weight excluding hydrogens is 677 g/mol. The largest absolute Gasteiger partial charge is 0.472 e. The predicted octanol–water partition coefficient (Wildman–Crippen LogP) is 10.5. The summed E-state index contributed by atoms with van der Waals surface area (Å²) in [5, 5.41) is 12.6. The smallest absolute Gasteiger partial charge is 0.463 e. The second kappa shape index (κ2) is 37.9. The zero-order valence-corrected chi connectivity index (χ0v) is 33.1. The zero-order chi connectivity index (χ0) is 38.2. The number of hydrogen-bond acceptors (Lipinski definition) is 7. The normalized spacial score (nSPS) is 14.3. The fourth-order valence-corrected chi connectivity index (χ4v) is 5.39. The van der Waals surface area contributed by atoms with Gasteiger partial charge in [-0.3, -0.25) is 18.6 Å². The van der Waals surface area contributed by atoms with E-state index in [4.69, 9.17) is 13.8 Å². The first-order valence-corrected chi connectivity index (χ1v) is 21.1. The Balaban J connectivity index is 3.77. The number of esters is 1. The lowest BCUT2D eigenvalue weighted by Crippen LogP contribution is -2.27. The van der Waals surface area contributed by atoms with Gasteiger partial charge in [-0.25, -0.2) is 4.57 Å². The van der Waals surface area contributed by atoms with E-state index in [-0.39, 0.29) is 38.5 Å². The van der Waals surface area contributed by atoms with Crippen molar-refractivity contribution in [1.82, 2.24) is 5.32 Å². The first-order chi connectivity index (χ1) is 25.3. The summed E-state index contributed by atoms with van der Waals surface area (Å²) in [6.07, 6.45) is 46.7. The molecule has 0 saturated carbocycles. The first-order valence-electron chi connectivity index (χ1n) is 19.6. The molecule has 0 bridgehead atoms. The number of aliphatic hydroxyl groups is 1. The number of phosphoric acid groups is 1. The Morgan fingerprint density at radius 1 is 0.615 bits per heavy atom. The van der Waals surface area contributed by atoms with Crippen molar-refractivity contribution in [3.63, 3.8) is 0 Å². The Morgan fingerprint density at radius 2 is 1.12 bits per heavy atom. The minimum Gasteiger partial charge on any atom is -0.463 e. The number of ether oxygens (including phenoxy) is 1. The average molecular weight is 748 g/mol. The molecular formula is C42H70NO8P. The van der Waals surface area contributed by atoms with Crippen molar-refractivity contribution < 1.29 is 37.9 Å². The number of amides is 1. The highest BCUT2D eigenvalue weighted by atomic mass is 31.2. The fourth-order valence-electron chi connectivity index (χ4n) is 4.63. The molecule has 0 heterocycles. The highest BCUT2D eigenvalue weighted by molar-refractivity contribution is 7.47. The van der Waals surface area contributed by atoms with Crippen LogP contribution >= 0.6 is 7.82 Å². The summed E-state index contributed by atoms with van der Waals surface area (Å²) in [5.74, 6) is -0.621. The van der Waals surface area contributed by atoms with Crippen molar-refractivity contribution in [2.24, 2.45) is 0 Å². The van der Waals surface area contributed by atoms with Crippen molar-refractivity contribution in [1.29, 1.82) is 0 Å². The standard InChI is InChI=1S/C42H70NO8P/c1-3-5-7-9-11-13-15-17-18-19-20-21-22-23-24-26-28-30-32-34-41(45)43-36-37-50-52(47,48)51-39-40(44)38-49-42(46)35-33-31-29-27-25-16-14-12-10-8-6-4-2/h5,7,11-14,17-18,20-21,23-24,28,30,40,44H,3-4,6,8-10,15-16,19,22,25-27,29,31-39H2,1-2H3,(H,43,45)(H,47,48)/b7-5-,13-11-,14-12-,18-17-,21-20-,24-23-,30-28-. The van der Waals surface area contributed by atoms with E-state index in [1.165, 1.54) is 25.7 Å². The maximum absolute atomic E-state index is 12.1. The second-order valence-corrected chi connectivity index (χ2v) is 14.0. The molecule has 0 aliphatic heterocycles. The number of allylic oxidation sites excluding steroid dienone is 14. The predicted molar refractivity (Wildman–Crippen MR) is 215 cm³/mol. The van der Waals surface area contributed by atoms with E-state index in [0.29, 0.717) is 6.42 Å². The molecule has 2 atom stereocenters. The first kappa shape index (κ1) is 49.2. The molecule has 0 aromatic rings. The monoisotopic (exact) mass is 747 g/mol. The molecule has 296 valence electrons. The van der Waals surface area contributed by atoms with E-state index in [2.05, 4.69) is 92.1 Å². The number of hydrogen-bond donors (Lipinski definition) is 3. The van der Waals surface area contributed by atoms with Gasteiger partial charge in [0.1, 0.15) is 12.7 Å². The van der Waals surface area contributed by atoms with E-state index in [1.54, 1.807) is 0 Å². The molecule has 0 fully saturated rings. The van der Waals surface area contributed by atoms with Crippen LogP contribution in [0.3, 0.4) is 0 Å². The Morgan fingerprint density at radius 3 is 1.69 bits per heavy atom. The highest BCUT2D eigenvalue weighted by Crippen LogP contribution is 2.42. The van der Waals surface area contributed by atoms with Gasteiger partial charge in [-0.15, -0.1) is 0 Å². The minimum atomic E-state index is -4.44. The van der Waals surface area contributed by atoms with E-state index in [0.717, 1.165) is 77.0 Å². The van der Waals surface area contributed by atoms with E-state index in [9.17, 15) is 24.2 Å². The third-order valence-corrected chi connectivity index (χ3v) is 8.56. The Kier molecular flexibility index (Phi) is 35.9. The summed E-state index contributed by atoms with van der Waals surface area (Å²) in [4.78, 5) is 33.7. The van der Waals surface area contributed by atoms with Crippen molar-refractivity contribution >= 4 is 19.7 Å². The van der Waals surface area contributed by atoms with Crippen molar-refractivity contribution in [3.8, 4) is 0 Å². The quantitative estimate of drug-likeness (QED) is 0.0253. The van der Waals surface area contributed by atoms with Crippen molar-refractivity contribution in [3.05, 3.63) is 85.1 Å². The highest BCUT2D eigenvalue weighted by Gasteiger charge is 2.23. The summed E-state index contributed by atoms with van der Waals surface area (Å²) in [5.41, 5.74) is 0. The third-order valence-electron chi connectivity index (χ3n) is 7.57. The summed E-state index contributed by atoms with van der Waals surface area (Å²) in [7, 11) is -4.44. The molecule has 0 rings (SSSR count). The van der Waals surface area contributed by atoms with Crippen LogP contribution in [0.4, 0.5) is 0 Å². The van der Waals surface area contributed by atoms with Gasteiger partial charge in [0.05, 0.1) is 13.2 Å². The summed E-state index contributed by atoms with van der Waals surface area (Å²) in [6, 6.07) is 0. The molecule has 0 saturated heterocycles. The lowest BCUT2D eigenvalue weighted by Gasteiger charge is -2.15. The Hall–Kier alpha value is -2.81. The van der Waals surface area contributed by atoms with Crippen molar-refractivity contribution in [2.45, 2.75) is 142 Å². The average Bonchev–Trinajstić information content (AvgIpc) is 3.13. The van der Waals surface area contributed by atoms with Gasteiger partial charge in [0.15, 0.2) is 0 Å². The van der Waals surface area contributed by atoms with Gasteiger partial charge in [-0.2, -0.15) is 0 Å².